The number of rotatable bonds is 3. The molecule has 29 heavy (non-hydrogen) atoms. The first kappa shape index (κ1) is 17.5. The van der Waals surface area contributed by atoms with E-state index in [1.807, 2.05) is 12.4 Å². The number of halogens is 1. The van der Waals surface area contributed by atoms with Crippen molar-refractivity contribution in [2.75, 3.05) is 0 Å². The third-order valence-electron chi connectivity index (χ3n) is 7.14. The molecule has 3 aliphatic rings. The van der Waals surface area contributed by atoms with Crippen molar-refractivity contribution in [1.82, 2.24) is 14.5 Å². The zero-order valence-corrected chi connectivity index (χ0v) is 17.7. The number of carbonyl (C=O) groups excluding carboxylic acids is 1. The summed E-state index contributed by atoms with van der Waals surface area (Å²) in [6.07, 6.45) is 8.96. The van der Waals surface area contributed by atoms with Crippen LogP contribution in [0.2, 0.25) is 0 Å². The van der Waals surface area contributed by atoms with Crippen LogP contribution in [-0.2, 0) is 10.3 Å². The van der Waals surface area contributed by atoms with Crippen LogP contribution in [0.1, 0.15) is 43.2 Å². The predicted molar refractivity (Wildman–Crippen MR) is 115 cm³/mol. The topological polar surface area (TPSA) is 38.1 Å². The van der Waals surface area contributed by atoms with Gasteiger partial charge in [-0.05, 0) is 48.9 Å². The molecule has 3 aromatic rings. The van der Waals surface area contributed by atoms with Gasteiger partial charge < -0.3 is 9.47 Å². The summed E-state index contributed by atoms with van der Waals surface area (Å²) in [5.74, 6) is 1.22. The van der Waals surface area contributed by atoms with Gasteiger partial charge in [-0.2, -0.15) is 0 Å². The number of aromatic nitrogens is 2. The lowest BCUT2D eigenvalue weighted by molar-refractivity contribution is -0.133. The Labute approximate surface area is 178 Å². The summed E-state index contributed by atoms with van der Waals surface area (Å²) in [4.78, 5) is 20.6. The largest absolute Gasteiger partial charge is 0.337 e. The second-order valence-electron chi connectivity index (χ2n) is 8.47. The molecule has 0 saturated carbocycles. The lowest BCUT2D eigenvalue weighted by Gasteiger charge is -2.35. The van der Waals surface area contributed by atoms with Gasteiger partial charge in [0, 0.05) is 34.5 Å². The van der Waals surface area contributed by atoms with Crippen molar-refractivity contribution in [2.45, 2.75) is 49.7 Å². The normalized spacial score (nSPS) is 26.6. The molecule has 0 aliphatic carbocycles. The SMILES string of the molecule is O=C(CC1(c2ccc(Br)cc2)c2ccccc2-c2nccn21)N1[C@H]2CC[C@@H]1CC2. The Balaban J connectivity index is 1.54. The zero-order valence-electron chi connectivity index (χ0n) is 16.1. The highest BCUT2D eigenvalue weighted by atomic mass is 79.9. The smallest absolute Gasteiger partial charge is 0.226 e. The van der Waals surface area contributed by atoms with Gasteiger partial charge in [-0.15, -0.1) is 0 Å². The molecule has 2 aromatic carbocycles. The van der Waals surface area contributed by atoms with Gasteiger partial charge in [0.05, 0.1) is 6.42 Å². The fraction of sp³-hybridized carbons (Fsp3) is 0.333. The number of nitrogens with zero attached hydrogens (tertiary/aromatic N) is 3. The number of hydrogen-bond donors (Lipinski definition) is 0. The average Bonchev–Trinajstić information content (AvgIpc) is 3.51. The van der Waals surface area contributed by atoms with Gasteiger partial charge in [0.2, 0.25) is 5.91 Å². The van der Waals surface area contributed by atoms with E-state index in [0.29, 0.717) is 18.5 Å². The molecule has 0 spiro atoms. The maximum Gasteiger partial charge on any atom is 0.226 e. The molecule has 5 heteroatoms. The Hall–Kier alpha value is -2.40. The monoisotopic (exact) mass is 447 g/mol. The van der Waals surface area contributed by atoms with Crippen molar-refractivity contribution in [3.63, 3.8) is 0 Å². The summed E-state index contributed by atoms with van der Waals surface area (Å²) in [5.41, 5.74) is 2.87. The average molecular weight is 448 g/mol. The Morgan fingerprint density at radius 3 is 2.45 bits per heavy atom. The maximum atomic E-state index is 13.7. The van der Waals surface area contributed by atoms with E-state index in [4.69, 9.17) is 0 Å². The number of amides is 1. The Morgan fingerprint density at radius 1 is 1.03 bits per heavy atom. The minimum Gasteiger partial charge on any atom is -0.337 e. The highest BCUT2D eigenvalue weighted by Gasteiger charge is 2.50. The van der Waals surface area contributed by atoms with Gasteiger partial charge in [0.25, 0.3) is 0 Å². The predicted octanol–water partition coefficient (Wildman–Crippen LogP) is 4.96. The number of fused-ring (bicyclic) bond motifs is 5. The van der Waals surface area contributed by atoms with Crippen LogP contribution in [-0.4, -0.2) is 32.4 Å². The molecule has 0 N–H and O–H groups in total. The second-order valence-corrected chi connectivity index (χ2v) is 9.39. The number of hydrogen-bond acceptors (Lipinski definition) is 2. The van der Waals surface area contributed by atoms with Crippen molar-refractivity contribution >= 4 is 21.8 Å². The van der Waals surface area contributed by atoms with Crippen LogP contribution >= 0.6 is 15.9 Å². The second kappa shape index (κ2) is 6.30. The van der Waals surface area contributed by atoms with Crippen molar-refractivity contribution in [3.05, 3.63) is 76.5 Å². The fourth-order valence-corrected chi connectivity index (χ4v) is 6.18. The molecule has 1 aromatic heterocycles. The quantitative estimate of drug-likeness (QED) is 0.568. The molecule has 1 atom stereocenters. The molecule has 6 rings (SSSR count). The summed E-state index contributed by atoms with van der Waals surface area (Å²) in [6, 6.07) is 17.7. The fourth-order valence-electron chi connectivity index (χ4n) is 5.91. The van der Waals surface area contributed by atoms with Gasteiger partial charge in [-0.1, -0.05) is 52.3 Å². The highest BCUT2D eigenvalue weighted by Crippen LogP contribution is 2.50. The molecule has 3 aliphatic heterocycles. The minimum absolute atomic E-state index is 0.272. The van der Waals surface area contributed by atoms with Crippen LogP contribution in [0.3, 0.4) is 0 Å². The Kier molecular flexibility index (Phi) is 3.79. The van der Waals surface area contributed by atoms with E-state index in [-0.39, 0.29) is 5.91 Å². The maximum absolute atomic E-state index is 13.7. The molecule has 2 saturated heterocycles. The van der Waals surface area contributed by atoms with Crippen molar-refractivity contribution in [3.8, 4) is 11.4 Å². The van der Waals surface area contributed by atoms with Gasteiger partial charge in [-0.25, -0.2) is 4.98 Å². The molecular formula is C24H22BrN3O. The van der Waals surface area contributed by atoms with E-state index in [1.165, 1.54) is 5.56 Å². The third-order valence-corrected chi connectivity index (χ3v) is 7.66. The van der Waals surface area contributed by atoms with E-state index in [0.717, 1.165) is 47.1 Å². The zero-order chi connectivity index (χ0) is 19.6. The van der Waals surface area contributed by atoms with Crippen molar-refractivity contribution in [2.24, 2.45) is 0 Å². The number of benzene rings is 2. The summed E-state index contributed by atoms with van der Waals surface area (Å²) in [6.45, 7) is 0. The molecule has 1 amide bonds. The Bertz CT molecular complexity index is 1090. The van der Waals surface area contributed by atoms with Crippen LogP contribution in [0.4, 0.5) is 0 Å². The van der Waals surface area contributed by atoms with E-state index in [9.17, 15) is 4.79 Å². The van der Waals surface area contributed by atoms with Crippen molar-refractivity contribution < 1.29 is 4.79 Å². The molecule has 4 heterocycles. The van der Waals surface area contributed by atoms with Gasteiger partial charge in [0.1, 0.15) is 11.4 Å². The standard InChI is InChI=1S/C24H22BrN3O/c25-17-7-5-16(6-8-17)24(15-22(29)28-18-9-10-19(28)12-11-18)21-4-2-1-3-20(21)23-26-13-14-27(23)24/h1-8,13-14,18-19H,9-12,15H2/t18-,19+,24?. The van der Waals surface area contributed by atoms with Crippen LogP contribution < -0.4 is 0 Å². The van der Waals surface area contributed by atoms with E-state index >= 15 is 0 Å². The Morgan fingerprint density at radius 2 is 1.72 bits per heavy atom. The highest BCUT2D eigenvalue weighted by molar-refractivity contribution is 9.10. The van der Waals surface area contributed by atoms with Crippen LogP contribution in [0.25, 0.3) is 11.4 Å². The van der Waals surface area contributed by atoms with Gasteiger partial charge in [-0.3, -0.25) is 4.79 Å². The number of imidazole rings is 1. The van der Waals surface area contributed by atoms with E-state index in [2.05, 4.69) is 78.9 Å². The third kappa shape index (κ3) is 2.37. The first-order valence-corrected chi connectivity index (χ1v) is 11.2. The molecular weight excluding hydrogens is 426 g/mol. The lowest BCUT2D eigenvalue weighted by Crippen LogP contribution is -2.43. The first-order chi connectivity index (χ1) is 14.2. The summed E-state index contributed by atoms with van der Waals surface area (Å²) in [7, 11) is 0. The van der Waals surface area contributed by atoms with Gasteiger partial charge >= 0.3 is 0 Å². The lowest BCUT2D eigenvalue weighted by atomic mass is 9.79. The minimum atomic E-state index is -0.553. The molecule has 146 valence electrons. The molecule has 0 radical (unpaired) electrons. The molecule has 2 bridgehead atoms. The van der Waals surface area contributed by atoms with E-state index in [1.54, 1.807) is 0 Å². The van der Waals surface area contributed by atoms with Crippen molar-refractivity contribution in [1.29, 1.82) is 0 Å². The molecule has 4 nitrogen and oxygen atoms in total. The van der Waals surface area contributed by atoms with Crippen LogP contribution in [0.15, 0.2) is 65.4 Å². The molecule has 1 unspecified atom stereocenters. The number of carbonyl (C=O) groups is 1. The molecule has 2 fully saturated rings. The summed E-state index contributed by atoms with van der Waals surface area (Å²) >= 11 is 3.56. The van der Waals surface area contributed by atoms with Crippen LogP contribution in [0, 0.1) is 0 Å². The first-order valence-electron chi connectivity index (χ1n) is 10.4. The van der Waals surface area contributed by atoms with Crippen LogP contribution in [0.5, 0.6) is 0 Å². The van der Waals surface area contributed by atoms with Gasteiger partial charge in [0.15, 0.2) is 0 Å². The summed E-state index contributed by atoms with van der Waals surface area (Å²) in [5, 5.41) is 0. The van der Waals surface area contributed by atoms with E-state index < -0.39 is 5.54 Å². The summed E-state index contributed by atoms with van der Waals surface area (Å²) < 4.78 is 3.26.